The second-order valence-corrected chi connectivity index (χ2v) is 7.32. The van der Waals surface area contributed by atoms with Crippen molar-refractivity contribution >= 4 is 11.8 Å². The van der Waals surface area contributed by atoms with Crippen LogP contribution in [0.5, 0.6) is 5.75 Å². The van der Waals surface area contributed by atoms with Gasteiger partial charge in [-0.15, -0.1) is 0 Å². The van der Waals surface area contributed by atoms with Gasteiger partial charge in [0, 0.05) is 32.4 Å². The first kappa shape index (κ1) is 21.0. The summed E-state index contributed by atoms with van der Waals surface area (Å²) in [6.45, 7) is 6.44. The van der Waals surface area contributed by atoms with Crippen molar-refractivity contribution in [3.8, 4) is 5.75 Å². The highest BCUT2D eigenvalue weighted by molar-refractivity contribution is 5.79. The average molecular weight is 396 g/mol. The number of nitrogens with one attached hydrogen (secondary N) is 2. The second-order valence-electron chi connectivity index (χ2n) is 7.32. The van der Waals surface area contributed by atoms with Crippen molar-refractivity contribution in [1.82, 2.24) is 15.6 Å². The SMILES string of the molecule is CCNC(=NCc1ccc(N2CCCCCC2)nc1)NCc1ccc(OC)cc1. The molecule has 0 aliphatic carbocycles. The summed E-state index contributed by atoms with van der Waals surface area (Å²) in [6.07, 6.45) is 7.15. The smallest absolute Gasteiger partial charge is 0.191 e. The lowest BCUT2D eigenvalue weighted by Gasteiger charge is -2.21. The number of rotatable bonds is 7. The van der Waals surface area contributed by atoms with Crippen LogP contribution in [0.4, 0.5) is 5.82 Å². The van der Waals surface area contributed by atoms with E-state index in [0.29, 0.717) is 13.1 Å². The molecule has 0 unspecified atom stereocenters. The number of pyridine rings is 1. The number of anilines is 1. The minimum absolute atomic E-state index is 0.602. The molecule has 0 radical (unpaired) electrons. The molecule has 1 saturated heterocycles. The van der Waals surface area contributed by atoms with Crippen LogP contribution in [0, 0.1) is 0 Å². The Kier molecular flexibility index (Phi) is 8.16. The first-order valence-electron chi connectivity index (χ1n) is 10.6. The maximum Gasteiger partial charge on any atom is 0.191 e. The Balaban J connectivity index is 1.55. The number of aliphatic imine (C=N–C) groups is 1. The fourth-order valence-electron chi connectivity index (χ4n) is 3.44. The Morgan fingerprint density at radius 2 is 1.72 bits per heavy atom. The molecule has 1 aromatic heterocycles. The van der Waals surface area contributed by atoms with Crippen molar-refractivity contribution in [2.45, 2.75) is 45.7 Å². The van der Waals surface area contributed by atoms with E-state index >= 15 is 0 Å². The molecule has 1 aromatic carbocycles. The number of methoxy groups -OCH3 is 1. The molecular weight excluding hydrogens is 362 g/mol. The average Bonchev–Trinajstić information content (AvgIpc) is 3.06. The van der Waals surface area contributed by atoms with Crippen LogP contribution < -0.4 is 20.3 Å². The number of ether oxygens (including phenoxy) is 1. The molecule has 0 amide bonds. The van der Waals surface area contributed by atoms with Gasteiger partial charge < -0.3 is 20.3 Å². The molecule has 2 aromatic rings. The van der Waals surface area contributed by atoms with E-state index in [1.54, 1.807) is 7.11 Å². The highest BCUT2D eigenvalue weighted by Crippen LogP contribution is 2.17. The first-order chi connectivity index (χ1) is 14.3. The van der Waals surface area contributed by atoms with E-state index < -0.39 is 0 Å². The molecule has 0 saturated carbocycles. The van der Waals surface area contributed by atoms with Crippen LogP contribution in [-0.4, -0.2) is 37.7 Å². The largest absolute Gasteiger partial charge is 0.497 e. The van der Waals surface area contributed by atoms with Gasteiger partial charge >= 0.3 is 0 Å². The monoisotopic (exact) mass is 395 g/mol. The molecule has 6 nitrogen and oxygen atoms in total. The van der Waals surface area contributed by atoms with Crippen molar-refractivity contribution in [3.05, 3.63) is 53.7 Å². The highest BCUT2D eigenvalue weighted by atomic mass is 16.5. The summed E-state index contributed by atoms with van der Waals surface area (Å²) in [5.74, 6) is 2.76. The maximum absolute atomic E-state index is 5.21. The van der Waals surface area contributed by atoms with Crippen LogP contribution in [0.1, 0.15) is 43.7 Å². The number of benzene rings is 1. The molecule has 0 bridgehead atoms. The zero-order chi connectivity index (χ0) is 20.3. The first-order valence-corrected chi connectivity index (χ1v) is 10.6. The summed E-state index contributed by atoms with van der Waals surface area (Å²) in [4.78, 5) is 11.8. The molecule has 1 aliphatic rings. The number of guanidine groups is 1. The maximum atomic E-state index is 5.21. The second kappa shape index (κ2) is 11.3. The lowest BCUT2D eigenvalue weighted by Crippen LogP contribution is -2.36. The van der Waals surface area contributed by atoms with E-state index in [1.165, 1.54) is 31.2 Å². The van der Waals surface area contributed by atoms with Crippen LogP contribution in [0.2, 0.25) is 0 Å². The lowest BCUT2D eigenvalue weighted by atomic mass is 10.2. The molecule has 0 spiro atoms. The van der Waals surface area contributed by atoms with Gasteiger partial charge in [-0.3, -0.25) is 0 Å². The molecule has 3 rings (SSSR count). The van der Waals surface area contributed by atoms with Crippen molar-refractivity contribution in [3.63, 3.8) is 0 Å². The van der Waals surface area contributed by atoms with Crippen LogP contribution in [-0.2, 0) is 13.1 Å². The third kappa shape index (κ3) is 6.66. The molecule has 2 heterocycles. The van der Waals surface area contributed by atoms with Gasteiger partial charge in [0.15, 0.2) is 5.96 Å². The molecule has 0 atom stereocenters. The number of hydrogen-bond acceptors (Lipinski definition) is 4. The van der Waals surface area contributed by atoms with E-state index in [9.17, 15) is 0 Å². The van der Waals surface area contributed by atoms with Gasteiger partial charge in [0.05, 0.1) is 13.7 Å². The van der Waals surface area contributed by atoms with Gasteiger partial charge in [-0.2, -0.15) is 0 Å². The quantitative estimate of drug-likeness (QED) is 0.553. The van der Waals surface area contributed by atoms with Gasteiger partial charge in [0.1, 0.15) is 11.6 Å². The van der Waals surface area contributed by atoms with E-state index in [0.717, 1.165) is 42.7 Å². The molecule has 2 N–H and O–H groups in total. The molecule has 6 heteroatoms. The van der Waals surface area contributed by atoms with Crippen molar-refractivity contribution in [2.24, 2.45) is 4.99 Å². The zero-order valence-electron chi connectivity index (χ0n) is 17.7. The summed E-state index contributed by atoms with van der Waals surface area (Å²) >= 11 is 0. The molecule has 1 aliphatic heterocycles. The lowest BCUT2D eigenvalue weighted by molar-refractivity contribution is 0.414. The van der Waals surface area contributed by atoms with Gasteiger partial charge in [0.25, 0.3) is 0 Å². The summed E-state index contributed by atoms with van der Waals surface area (Å²) in [6, 6.07) is 12.3. The third-order valence-electron chi connectivity index (χ3n) is 5.12. The Hall–Kier alpha value is -2.76. The summed E-state index contributed by atoms with van der Waals surface area (Å²) < 4.78 is 5.21. The number of nitrogens with zero attached hydrogens (tertiary/aromatic N) is 3. The topological polar surface area (TPSA) is 61.8 Å². The number of hydrogen-bond donors (Lipinski definition) is 2. The predicted octanol–water partition coefficient (Wildman–Crippen LogP) is 3.73. The van der Waals surface area contributed by atoms with Crippen molar-refractivity contribution < 1.29 is 4.74 Å². The van der Waals surface area contributed by atoms with Crippen molar-refractivity contribution in [1.29, 1.82) is 0 Å². The zero-order valence-corrected chi connectivity index (χ0v) is 17.7. The summed E-state index contributed by atoms with van der Waals surface area (Å²) in [5.41, 5.74) is 2.30. The minimum Gasteiger partial charge on any atom is -0.497 e. The van der Waals surface area contributed by atoms with E-state index in [2.05, 4.69) is 51.7 Å². The molecule has 29 heavy (non-hydrogen) atoms. The normalized spacial score (nSPS) is 15.0. The van der Waals surface area contributed by atoms with E-state index in [1.807, 2.05) is 18.3 Å². The predicted molar refractivity (Wildman–Crippen MR) is 120 cm³/mol. The van der Waals surface area contributed by atoms with Crippen LogP contribution >= 0.6 is 0 Å². The van der Waals surface area contributed by atoms with Gasteiger partial charge in [0.2, 0.25) is 0 Å². The van der Waals surface area contributed by atoms with Gasteiger partial charge in [-0.1, -0.05) is 31.0 Å². The minimum atomic E-state index is 0.602. The fraction of sp³-hybridized carbons (Fsp3) is 0.478. The van der Waals surface area contributed by atoms with E-state index in [-0.39, 0.29) is 0 Å². The Bertz CT molecular complexity index is 750. The highest BCUT2D eigenvalue weighted by Gasteiger charge is 2.10. The molecule has 156 valence electrons. The van der Waals surface area contributed by atoms with Crippen LogP contribution in [0.25, 0.3) is 0 Å². The van der Waals surface area contributed by atoms with Crippen LogP contribution in [0.15, 0.2) is 47.6 Å². The Morgan fingerprint density at radius 3 is 2.34 bits per heavy atom. The summed E-state index contributed by atoms with van der Waals surface area (Å²) in [7, 11) is 1.68. The third-order valence-corrected chi connectivity index (χ3v) is 5.12. The van der Waals surface area contributed by atoms with Gasteiger partial charge in [-0.05, 0) is 49.1 Å². The summed E-state index contributed by atoms with van der Waals surface area (Å²) in [5, 5.41) is 6.69. The number of aromatic nitrogens is 1. The van der Waals surface area contributed by atoms with Crippen molar-refractivity contribution in [2.75, 3.05) is 31.6 Å². The van der Waals surface area contributed by atoms with Crippen LogP contribution in [0.3, 0.4) is 0 Å². The van der Waals surface area contributed by atoms with Gasteiger partial charge in [-0.25, -0.2) is 9.98 Å². The fourth-order valence-corrected chi connectivity index (χ4v) is 3.44. The standard InChI is InChI=1S/C23H33N5O/c1-3-24-23(26-16-19-8-11-21(29-2)12-9-19)27-18-20-10-13-22(25-17-20)28-14-6-4-5-7-15-28/h8-13,17H,3-7,14-16,18H2,1-2H3,(H2,24,26,27). The molecular formula is C23H33N5O. The van der Waals surface area contributed by atoms with E-state index in [4.69, 9.17) is 9.73 Å². The molecule has 1 fully saturated rings. The Morgan fingerprint density at radius 1 is 1.00 bits per heavy atom. The Labute approximate surface area is 174 Å².